The lowest BCUT2D eigenvalue weighted by molar-refractivity contribution is 0.195. The number of hydrogen-bond acceptors (Lipinski definition) is 3. The quantitative estimate of drug-likeness (QED) is 0.776. The molecule has 1 aromatic carbocycles. The van der Waals surface area contributed by atoms with Gasteiger partial charge in [-0.2, -0.15) is 0 Å². The molecule has 17 heavy (non-hydrogen) atoms. The minimum absolute atomic E-state index is 0. The van der Waals surface area contributed by atoms with Gasteiger partial charge in [-0.3, -0.25) is 0 Å². The normalized spacial score (nSPS) is 22.9. The van der Waals surface area contributed by atoms with E-state index in [1.165, 1.54) is 0 Å². The van der Waals surface area contributed by atoms with Crippen molar-refractivity contribution >= 4 is 36.2 Å². The average Bonchev–Trinajstić information content (AvgIpc) is 2.50. The Kier molecular flexibility index (Phi) is 6.10. The van der Waals surface area contributed by atoms with Gasteiger partial charge in [0.2, 0.25) is 0 Å². The van der Waals surface area contributed by atoms with Crippen molar-refractivity contribution in [1.82, 2.24) is 0 Å². The van der Waals surface area contributed by atoms with Gasteiger partial charge in [0.05, 0.1) is 6.10 Å². The average molecular weight is 279 g/mol. The number of rotatable bonds is 1. The molecule has 2 atom stereocenters. The monoisotopic (exact) mass is 278 g/mol. The van der Waals surface area contributed by atoms with Crippen LogP contribution >= 0.6 is 24.8 Å². The van der Waals surface area contributed by atoms with Gasteiger partial charge in [0, 0.05) is 24.0 Å². The van der Waals surface area contributed by atoms with E-state index in [9.17, 15) is 5.11 Å². The fourth-order valence-corrected chi connectivity index (χ4v) is 2.20. The summed E-state index contributed by atoms with van der Waals surface area (Å²) in [6, 6.07) is 6.45. The summed E-state index contributed by atoms with van der Waals surface area (Å²) >= 11 is 0. The molecule has 1 fully saturated rings. The lowest BCUT2D eigenvalue weighted by Crippen LogP contribution is -2.27. The fourth-order valence-electron chi connectivity index (χ4n) is 2.20. The summed E-state index contributed by atoms with van der Waals surface area (Å²) in [4.78, 5) is 2.23. The molecule has 1 saturated heterocycles. The number of aryl methyl sites for hydroxylation is 1. The lowest BCUT2D eigenvalue weighted by atomic mass is 10.1. The summed E-state index contributed by atoms with van der Waals surface area (Å²) in [5, 5.41) is 9.59. The van der Waals surface area contributed by atoms with Crippen molar-refractivity contribution in [2.75, 3.05) is 17.2 Å². The van der Waals surface area contributed by atoms with E-state index in [-0.39, 0.29) is 30.9 Å². The summed E-state index contributed by atoms with van der Waals surface area (Å²) in [6.07, 6.45) is 0.654. The Labute approximate surface area is 115 Å². The second kappa shape index (κ2) is 6.34. The smallest absolute Gasteiger partial charge is 0.0734 e. The fraction of sp³-hybridized carbons (Fsp3) is 0.500. The molecule has 1 aliphatic heterocycles. The van der Waals surface area contributed by atoms with Crippen molar-refractivity contribution in [2.24, 2.45) is 0 Å². The van der Waals surface area contributed by atoms with Crippen molar-refractivity contribution in [3.8, 4) is 0 Å². The first-order valence-electron chi connectivity index (χ1n) is 5.39. The molecule has 0 bridgehead atoms. The lowest BCUT2D eigenvalue weighted by Gasteiger charge is -2.24. The predicted octanol–water partition coefficient (Wildman–Crippen LogP) is 2.38. The van der Waals surface area contributed by atoms with Crippen LogP contribution in [0.4, 0.5) is 11.4 Å². The number of nitrogens with two attached hydrogens (primary N) is 1. The van der Waals surface area contributed by atoms with E-state index in [0.29, 0.717) is 6.04 Å². The number of aliphatic hydroxyl groups excluding tert-OH is 1. The van der Waals surface area contributed by atoms with Gasteiger partial charge in [-0.15, -0.1) is 24.8 Å². The first-order chi connectivity index (χ1) is 7.08. The number of benzene rings is 1. The molecule has 1 aromatic rings. The highest BCUT2D eigenvalue weighted by Crippen LogP contribution is 2.27. The number of β-amino-alcohol motifs (C(OH)–C–C–N with tert-alkyl or cyclic N) is 1. The van der Waals surface area contributed by atoms with E-state index in [2.05, 4.69) is 17.9 Å². The van der Waals surface area contributed by atoms with Crippen LogP contribution in [0.5, 0.6) is 0 Å². The minimum Gasteiger partial charge on any atom is -0.399 e. The summed E-state index contributed by atoms with van der Waals surface area (Å²) in [7, 11) is 0. The molecule has 0 saturated carbocycles. The van der Waals surface area contributed by atoms with E-state index in [1.54, 1.807) is 0 Å². The highest BCUT2D eigenvalue weighted by Gasteiger charge is 2.27. The van der Waals surface area contributed by atoms with Crippen molar-refractivity contribution in [3.05, 3.63) is 23.8 Å². The van der Waals surface area contributed by atoms with Gasteiger partial charge in [0.15, 0.2) is 0 Å². The number of aliphatic hydroxyl groups is 1. The zero-order valence-corrected chi connectivity index (χ0v) is 11.7. The SMILES string of the molecule is Cc1cc(N2CC(O)CC2C)ccc1N.Cl.Cl. The van der Waals surface area contributed by atoms with Gasteiger partial charge in [-0.25, -0.2) is 0 Å². The van der Waals surface area contributed by atoms with Gasteiger partial charge in [-0.1, -0.05) is 0 Å². The zero-order chi connectivity index (χ0) is 11.0. The highest BCUT2D eigenvalue weighted by atomic mass is 35.5. The van der Waals surface area contributed by atoms with Gasteiger partial charge in [0.25, 0.3) is 0 Å². The van der Waals surface area contributed by atoms with Crippen LogP contribution in [0.3, 0.4) is 0 Å². The molecule has 0 amide bonds. The molecular formula is C12H20Cl2N2O. The highest BCUT2D eigenvalue weighted by molar-refractivity contribution is 5.85. The second-order valence-electron chi connectivity index (χ2n) is 4.43. The number of nitrogen functional groups attached to an aromatic ring is 1. The third-order valence-corrected chi connectivity index (χ3v) is 3.14. The van der Waals surface area contributed by atoms with E-state index in [1.807, 2.05) is 19.1 Å². The molecule has 0 aromatic heterocycles. The van der Waals surface area contributed by atoms with Crippen LogP contribution in [0.2, 0.25) is 0 Å². The van der Waals surface area contributed by atoms with Crippen LogP contribution in [-0.4, -0.2) is 23.8 Å². The Morgan fingerprint density at radius 2 is 2.00 bits per heavy atom. The number of halogens is 2. The van der Waals surface area contributed by atoms with Gasteiger partial charge in [0.1, 0.15) is 0 Å². The molecule has 5 heteroatoms. The van der Waals surface area contributed by atoms with E-state index < -0.39 is 0 Å². The van der Waals surface area contributed by atoms with Crippen LogP contribution in [0.1, 0.15) is 18.9 Å². The standard InChI is InChI=1S/C12H18N2O.2ClH/c1-8-5-10(3-4-12(8)13)14-7-11(15)6-9(14)2;;/h3-5,9,11,15H,6-7,13H2,1-2H3;2*1H. The maximum atomic E-state index is 9.59. The Morgan fingerprint density at radius 1 is 1.35 bits per heavy atom. The summed E-state index contributed by atoms with van der Waals surface area (Å²) in [6.45, 7) is 4.88. The van der Waals surface area contributed by atoms with Crippen molar-refractivity contribution in [1.29, 1.82) is 0 Å². The Bertz CT molecular complexity index is 374. The molecular weight excluding hydrogens is 259 g/mol. The van der Waals surface area contributed by atoms with Crippen LogP contribution in [0.15, 0.2) is 18.2 Å². The molecule has 0 radical (unpaired) electrons. The summed E-state index contributed by atoms with van der Waals surface area (Å²) in [5.74, 6) is 0. The predicted molar refractivity (Wildman–Crippen MR) is 77.5 cm³/mol. The molecule has 3 N–H and O–H groups in total. The summed E-state index contributed by atoms with van der Waals surface area (Å²) in [5.41, 5.74) is 8.86. The first-order valence-corrected chi connectivity index (χ1v) is 5.39. The van der Waals surface area contributed by atoms with Gasteiger partial charge in [-0.05, 0) is 44.0 Å². The van der Waals surface area contributed by atoms with Crippen molar-refractivity contribution in [3.63, 3.8) is 0 Å². The number of anilines is 2. The van der Waals surface area contributed by atoms with Crippen molar-refractivity contribution < 1.29 is 5.11 Å². The molecule has 1 aliphatic rings. The molecule has 0 spiro atoms. The largest absolute Gasteiger partial charge is 0.399 e. The van der Waals surface area contributed by atoms with Gasteiger partial charge < -0.3 is 15.7 Å². The summed E-state index contributed by atoms with van der Waals surface area (Å²) < 4.78 is 0. The van der Waals surface area contributed by atoms with Crippen LogP contribution in [0.25, 0.3) is 0 Å². The number of hydrogen-bond donors (Lipinski definition) is 2. The zero-order valence-electron chi connectivity index (χ0n) is 10.1. The van der Waals surface area contributed by atoms with E-state index in [4.69, 9.17) is 5.73 Å². The molecule has 0 aliphatic carbocycles. The number of nitrogens with zero attached hydrogens (tertiary/aromatic N) is 1. The molecule has 3 nitrogen and oxygen atoms in total. The Hall–Kier alpha value is -0.640. The van der Waals surface area contributed by atoms with Crippen LogP contribution in [0, 0.1) is 6.92 Å². The Morgan fingerprint density at radius 3 is 2.47 bits per heavy atom. The Balaban J connectivity index is 0.00000128. The third-order valence-electron chi connectivity index (χ3n) is 3.14. The van der Waals surface area contributed by atoms with Crippen LogP contribution in [-0.2, 0) is 0 Å². The first kappa shape index (κ1) is 16.4. The molecule has 98 valence electrons. The third kappa shape index (κ3) is 3.41. The van der Waals surface area contributed by atoms with Crippen molar-refractivity contribution in [2.45, 2.75) is 32.4 Å². The van der Waals surface area contributed by atoms with Gasteiger partial charge >= 0.3 is 0 Å². The van der Waals surface area contributed by atoms with E-state index in [0.717, 1.165) is 29.9 Å². The van der Waals surface area contributed by atoms with Crippen LogP contribution < -0.4 is 10.6 Å². The van der Waals surface area contributed by atoms with E-state index >= 15 is 0 Å². The second-order valence-corrected chi connectivity index (χ2v) is 4.43. The molecule has 2 rings (SSSR count). The molecule has 2 unspecified atom stereocenters. The minimum atomic E-state index is -0.196. The molecule has 1 heterocycles. The maximum absolute atomic E-state index is 9.59. The maximum Gasteiger partial charge on any atom is 0.0734 e. The topological polar surface area (TPSA) is 49.5 Å².